The minimum atomic E-state index is -1.05. The van der Waals surface area contributed by atoms with Crippen LogP contribution in [0.4, 0.5) is 5.69 Å². The van der Waals surface area contributed by atoms with Crippen molar-refractivity contribution in [1.29, 1.82) is 0 Å². The van der Waals surface area contributed by atoms with Crippen LogP contribution in [-0.2, 0) is 17.6 Å². The molecule has 4 N–H and O–H groups in total. The van der Waals surface area contributed by atoms with Gasteiger partial charge in [0.25, 0.3) is 5.91 Å². The van der Waals surface area contributed by atoms with Crippen molar-refractivity contribution in [2.75, 3.05) is 30.3 Å². The summed E-state index contributed by atoms with van der Waals surface area (Å²) in [7, 11) is 0. The van der Waals surface area contributed by atoms with Gasteiger partial charge in [0.05, 0.1) is 12.3 Å². The number of primary amides is 1. The first-order chi connectivity index (χ1) is 23.7. The number of carbonyl (C=O) groups excluding carboxylic acids is 2. The van der Waals surface area contributed by atoms with E-state index < -0.39 is 12.0 Å². The van der Waals surface area contributed by atoms with Crippen molar-refractivity contribution < 1.29 is 19.4 Å². The van der Waals surface area contributed by atoms with Crippen molar-refractivity contribution in [3.05, 3.63) is 107 Å². The fourth-order valence-electron chi connectivity index (χ4n) is 5.56. The summed E-state index contributed by atoms with van der Waals surface area (Å²) in [6, 6.07) is 23.0. The molecule has 7 nitrogen and oxygen atoms in total. The third kappa shape index (κ3) is 14.9. The molecule has 0 saturated carbocycles. The fraction of sp³-hybridized carbons (Fsp3) is 0.450. The molecular formula is C40H54ClN3O4S. The standard InChI is InChI=1S/C40H54ClN3O4S/c1-4-31(15-10-9-14-30(3)29-49-43-40(47)37(45)27-33-16-7-6-8-17-33)23-24-44(5-2)36-28-34(39(42)46)21-22-38(36)48-25-12-11-18-32-19-13-20-35(41)26-32/h6-10,13,16-17,19-22,26,28,30-31,37,45H,4-5,11-12,14-15,18,23-25,27,29H2,1-3H3,(H2,42,46)(H,43,47)/b10-9+/t30-,31-,37?/m0/s1. The quantitative estimate of drug-likeness (QED) is 0.0519. The number of nitrogens with zero attached hydrogens (tertiary/aromatic N) is 1. The Hall–Kier alpha value is -3.46. The number of nitrogens with two attached hydrogens (primary N) is 1. The van der Waals surface area contributed by atoms with E-state index in [4.69, 9.17) is 22.1 Å². The van der Waals surface area contributed by atoms with Crippen LogP contribution in [-0.4, -0.2) is 48.5 Å². The predicted molar refractivity (Wildman–Crippen MR) is 205 cm³/mol. The van der Waals surface area contributed by atoms with E-state index in [0.29, 0.717) is 30.4 Å². The highest BCUT2D eigenvalue weighted by molar-refractivity contribution is 7.97. The largest absolute Gasteiger partial charge is 0.491 e. The van der Waals surface area contributed by atoms with E-state index in [2.05, 4.69) is 48.6 Å². The number of hydrogen-bond donors (Lipinski definition) is 3. The van der Waals surface area contributed by atoms with Crippen molar-refractivity contribution in [1.82, 2.24) is 4.72 Å². The Morgan fingerprint density at radius 2 is 1.76 bits per heavy atom. The van der Waals surface area contributed by atoms with E-state index in [1.54, 1.807) is 6.07 Å². The molecule has 0 bridgehead atoms. The van der Waals surface area contributed by atoms with E-state index >= 15 is 0 Å². The van der Waals surface area contributed by atoms with Crippen LogP contribution < -0.4 is 20.1 Å². The number of ether oxygens (including phenoxy) is 1. The van der Waals surface area contributed by atoms with Gasteiger partial charge >= 0.3 is 0 Å². The molecule has 0 aliphatic rings. The number of allylic oxidation sites excluding steroid dienone is 2. The summed E-state index contributed by atoms with van der Waals surface area (Å²) in [5.41, 5.74) is 9.19. The van der Waals surface area contributed by atoms with Crippen LogP contribution in [0.5, 0.6) is 5.75 Å². The van der Waals surface area contributed by atoms with Crippen LogP contribution in [0.25, 0.3) is 0 Å². The Morgan fingerprint density at radius 3 is 2.47 bits per heavy atom. The van der Waals surface area contributed by atoms with Gasteiger partial charge in [-0.3, -0.25) is 14.3 Å². The van der Waals surface area contributed by atoms with E-state index in [-0.39, 0.29) is 5.91 Å². The Kier molecular flexibility index (Phi) is 18.2. The summed E-state index contributed by atoms with van der Waals surface area (Å²) in [6.07, 6.45) is 10.6. The normalized spacial score (nSPS) is 13.2. The lowest BCUT2D eigenvalue weighted by atomic mass is 9.97. The number of unbranched alkanes of at least 4 members (excludes halogenated alkanes) is 1. The molecule has 3 aromatic rings. The lowest BCUT2D eigenvalue weighted by Crippen LogP contribution is -2.32. The first-order valence-corrected chi connectivity index (χ1v) is 18.9. The number of aryl methyl sites for hydroxylation is 1. The van der Waals surface area contributed by atoms with Crippen LogP contribution >= 0.6 is 23.5 Å². The third-order valence-corrected chi connectivity index (χ3v) is 9.96. The highest BCUT2D eigenvalue weighted by atomic mass is 35.5. The van der Waals surface area contributed by atoms with Gasteiger partial charge in [0.15, 0.2) is 0 Å². The van der Waals surface area contributed by atoms with Crippen LogP contribution in [0.15, 0.2) is 84.9 Å². The Labute approximate surface area is 302 Å². The SMILES string of the molecule is CC[C@@H](C/C=C/C[C@H](C)CSNC(=O)C(O)Cc1ccccc1)CCN(CC)c1cc(C(N)=O)ccc1OCCCCc1cccc(Cl)c1. The maximum Gasteiger partial charge on any atom is 0.258 e. The number of halogens is 1. The minimum absolute atomic E-state index is 0.307. The highest BCUT2D eigenvalue weighted by Gasteiger charge is 2.17. The zero-order chi connectivity index (χ0) is 35.4. The molecule has 0 spiro atoms. The molecule has 0 radical (unpaired) electrons. The van der Waals surface area contributed by atoms with E-state index in [0.717, 1.165) is 85.8 Å². The molecule has 0 heterocycles. The molecule has 0 saturated heterocycles. The second kappa shape index (κ2) is 22.3. The number of aliphatic hydroxyl groups is 1. The number of hydrogen-bond acceptors (Lipinski definition) is 6. The Balaban J connectivity index is 1.43. The van der Waals surface area contributed by atoms with Crippen molar-refractivity contribution >= 4 is 41.1 Å². The number of amides is 2. The third-order valence-electron chi connectivity index (χ3n) is 8.65. The molecule has 49 heavy (non-hydrogen) atoms. The smallest absolute Gasteiger partial charge is 0.258 e. The van der Waals surface area contributed by atoms with Crippen LogP contribution in [0.1, 0.15) is 80.8 Å². The summed E-state index contributed by atoms with van der Waals surface area (Å²) in [5, 5.41) is 11.0. The van der Waals surface area contributed by atoms with Gasteiger partial charge < -0.3 is 20.5 Å². The van der Waals surface area contributed by atoms with Gasteiger partial charge in [-0.1, -0.05) is 98.4 Å². The van der Waals surface area contributed by atoms with E-state index in [1.165, 1.54) is 17.5 Å². The predicted octanol–water partition coefficient (Wildman–Crippen LogP) is 8.42. The summed E-state index contributed by atoms with van der Waals surface area (Å²) in [6.45, 7) is 8.74. The highest BCUT2D eigenvalue weighted by Crippen LogP contribution is 2.31. The summed E-state index contributed by atoms with van der Waals surface area (Å²) < 4.78 is 9.06. The molecule has 3 rings (SSSR count). The average Bonchev–Trinajstić information content (AvgIpc) is 3.09. The van der Waals surface area contributed by atoms with Crippen molar-refractivity contribution in [3.63, 3.8) is 0 Å². The number of rotatable bonds is 23. The second-order valence-electron chi connectivity index (χ2n) is 12.7. The maximum atomic E-state index is 12.3. The first-order valence-electron chi connectivity index (χ1n) is 17.5. The van der Waals surface area contributed by atoms with Crippen LogP contribution in [0, 0.1) is 11.8 Å². The van der Waals surface area contributed by atoms with Crippen molar-refractivity contribution in [3.8, 4) is 5.75 Å². The van der Waals surface area contributed by atoms with Crippen molar-refractivity contribution in [2.24, 2.45) is 17.6 Å². The van der Waals surface area contributed by atoms with Gasteiger partial charge in [-0.05, 0) is 98.7 Å². The summed E-state index contributed by atoms with van der Waals surface area (Å²) in [4.78, 5) is 26.6. The lowest BCUT2D eigenvalue weighted by Gasteiger charge is -2.27. The number of anilines is 1. The summed E-state index contributed by atoms with van der Waals surface area (Å²) in [5.74, 6) is 1.65. The molecule has 3 atom stereocenters. The Bertz CT molecular complexity index is 1450. The molecule has 1 unspecified atom stereocenters. The average molecular weight is 708 g/mol. The second-order valence-corrected chi connectivity index (χ2v) is 13.9. The first kappa shape index (κ1) is 40.0. The number of nitrogens with one attached hydrogen (secondary N) is 1. The number of carbonyl (C=O) groups is 2. The number of benzene rings is 3. The molecule has 0 fully saturated rings. The molecule has 3 aromatic carbocycles. The molecule has 9 heteroatoms. The van der Waals surface area contributed by atoms with E-state index in [1.807, 2.05) is 60.7 Å². The lowest BCUT2D eigenvalue weighted by molar-refractivity contribution is -0.127. The van der Waals surface area contributed by atoms with Gasteiger partial charge in [0.2, 0.25) is 5.91 Å². The van der Waals surface area contributed by atoms with E-state index in [9.17, 15) is 14.7 Å². The van der Waals surface area contributed by atoms with Crippen LogP contribution in [0.2, 0.25) is 5.02 Å². The molecule has 0 aromatic heterocycles. The molecule has 266 valence electrons. The zero-order valence-corrected chi connectivity index (χ0v) is 30.9. The fourth-order valence-corrected chi connectivity index (χ4v) is 6.56. The van der Waals surface area contributed by atoms with Gasteiger partial charge in [-0.25, -0.2) is 0 Å². The van der Waals surface area contributed by atoms with Gasteiger partial charge in [-0.15, -0.1) is 0 Å². The van der Waals surface area contributed by atoms with Crippen LogP contribution in [0.3, 0.4) is 0 Å². The van der Waals surface area contributed by atoms with Gasteiger partial charge in [-0.2, -0.15) is 0 Å². The molecule has 0 aliphatic heterocycles. The number of aliphatic hydroxyl groups excluding tert-OH is 1. The van der Waals surface area contributed by atoms with Crippen molar-refractivity contribution in [2.45, 2.75) is 78.2 Å². The monoisotopic (exact) mass is 707 g/mol. The minimum Gasteiger partial charge on any atom is -0.491 e. The maximum absolute atomic E-state index is 12.3. The zero-order valence-electron chi connectivity index (χ0n) is 29.3. The van der Waals surface area contributed by atoms with Gasteiger partial charge in [0.1, 0.15) is 11.9 Å². The Morgan fingerprint density at radius 1 is 1.00 bits per heavy atom. The molecule has 0 aliphatic carbocycles. The van der Waals surface area contributed by atoms with Gasteiger partial charge in [0, 0.05) is 35.8 Å². The summed E-state index contributed by atoms with van der Waals surface area (Å²) >= 11 is 7.48. The molecular weight excluding hydrogens is 654 g/mol. The molecule has 2 amide bonds. The topological polar surface area (TPSA) is 105 Å².